The predicted molar refractivity (Wildman–Crippen MR) is 80.2 cm³/mol. The smallest absolute Gasteiger partial charge is 0.270 e. The third kappa shape index (κ3) is 3.88. The summed E-state index contributed by atoms with van der Waals surface area (Å²) in [5, 5.41) is 14.6. The average molecular weight is 325 g/mol. The van der Waals surface area contributed by atoms with Gasteiger partial charge in [0.2, 0.25) is 5.91 Å². The van der Waals surface area contributed by atoms with Crippen LogP contribution in [-0.2, 0) is 14.6 Å². The zero-order chi connectivity index (χ0) is 16.3. The number of hydrazone groups is 1. The molecule has 9 heteroatoms. The Kier molecular flexibility index (Phi) is 4.55. The highest BCUT2D eigenvalue weighted by molar-refractivity contribution is 7.91. The average Bonchev–Trinajstić information content (AvgIpc) is 2.84. The van der Waals surface area contributed by atoms with E-state index in [-0.39, 0.29) is 17.2 Å². The normalized spacial score (nSPS) is 20.6. The van der Waals surface area contributed by atoms with Gasteiger partial charge in [-0.25, -0.2) is 13.8 Å². The fourth-order valence-corrected chi connectivity index (χ4v) is 3.88. The number of sulfone groups is 1. The number of amides is 1. The third-order valence-corrected chi connectivity index (χ3v) is 5.18. The molecule has 1 aliphatic rings. The molecule has 0 saturated carbocycles. The number of carbonyl (C=O) groups excluding carboxylic acids is 1. The number of nitro groups is 1. The minimum absolute atomic E-state index is 0.0126. The lowest BCUT2D eigenvalue weighted by atomic mass is 10.1. The second kappa shape index (κ2) is 6.22. The van der Waals surface area contributed by atoms with E-state index in [1.54, 1.807) is 13.0 Å². The molecule has 0 unspecified atom stereocenters. The first kappa shape index (κ1) is 16.1. The lowest BCUT2D eigenvalue weighted by molar-refractivity contribution is -0.384. The minimum Gasteiger partial charge on any atom is -0.273 e. The Morgan fingerprint density at radius 2 is 2.18 bits per heavy atom. The van der Waals surface area contributed by atoms with Crippen molar-refractivity contribution in [2.24, 2.45) is 11.0 Å². The maximum absolute atomic E-state index is 11.9. The number of rotatable bonds is 4. The molecular weight excluding hydrogens is 310 g/mol. The quantitative estimate of drug-likeness (QED) is 0.500. The van der Waals surface area contributed by atoms with Crippen LogP contribution >= 0.6 is 0 Å². The number of non-ortho nitro benzene ring substituents is 1. The molecule has 1 amide bonds. The van der Waals surface area contributed by atoms with Crippen molar-refractivity contribution in [3.05, 3.63) is 39.9 Å². The number of benzene rings is 1. The SMILES string of the molecule is C/C(=N/NC(=O)[C@H]1CCS(=O)(=O)C1)c1cccc([N+](=O)[O-])c1. The van der Waals surface area contributed by atoms with Gasteiger partial charge in [0.15, 0.2) is 9.84 Å². The Bertz CT molecular complexity index is 742. The van der Waals surface area contributed by atoms with Crippen molar-refractivity contribution in [1.82, 2.24) is 5.43 Å². The molecule has 0 spiro atoms. The van der Waals surface area contributed by atoms with Gasteiger partial charge in [0.25, 0.3) is 5.69 Å². The Hall–Kier alpha value is -2.29. The lowest BCUT2D eigenvalue weighted by Crippen LogP contribution is -2.28. The first-order chi connectivity index (χ1) is 10.3. The molecule has 1 heterocycles. The van der Waals surface area contributed by atoms with Crippen LogP contribution in [0.25, 0.3) is 0 Å². The van der Waals surface area contributed by atoms with Gasteiger partial charge in [0, 0.05) is 17.7 Å². The van der Waals surface area contributed by atoms with Gasteiger partial charge >= 0.3 is 0 Å². The lowest BCUT2D eigenvalue weighted by Gasteiger charge is -2.06. The zero-order valence-electron chi connectivity index (χ0n) is 11.9. The van der Waals surface area contributed by atoms with Crippen LogP contribution in [0.1, 0.15) is 18.9 Å². The summed E-state index contributed by atoms with van der Waals surface area (Å²) >= 11 is 0. The van der Waals surface area contributed by atoms with Crippen molar-refractivity contribution in [3.8, 4) is 0 Å². The predicted octanol–water partition coefficient (Wildman–Crippen LogP) is 0.870. The highest BCUT2D eigenvalue weighted by Gasteiger charge is 2.32. The molecule has 1 fully saturated rings. The highest BCUT2D eigenvalue weighted by Crippen LogP contribution is 2.18. The summed E-state index contributed by atoms with van der Waals surface area (Å²) in [4.78, 5) is 22.1. The topological polar surface area (TPSA) is 119 Å². The van der Waals surface area contributed by atoms with Gasteiger partial charge in [-0.1, -0.05) is 12.1 Å². The summed E-state index contributed by atoms with van der Waals surface area (Å²) in [6.45, 7) is 1.60. The van der Waals surface area contributed by atoms with Crippen molar-refractivity contribution in [2.75, 3.05) is 11.5 Å². The molecule has 8 nitrogen and oxygen atoms in total. The van der Waals surface area contributed by atoms with Gasteiger partial charge in [-0.3, -0.25) is 14.9 Å². The van der Waals surface area contributed by atoms with Crippen LogP contribution < -0.4 is 5.43 Å². The summed E-state index contributed by atoms with van der Waals surface area (Å²) in [5.74, 6) is -1.19. The van der Waals surface area contributed by atoms with Crippen LogP contribution in [0.3, 0.4) is 0 Å². The molecule has 1 aromatic rings. The standard InChI is InChI=1S/C13H15N3O5S/c1-9(10-3-2-4-12(7-10)16(18)19)14-15-13(17)11-5-6-22(20,21)8-11/h2-4,7,11H,5-6,8H2,1H3,(H,15,17)/b14-9-/t11-/m0/s1. The molecule has 2 rings (SSSR count). The Morgan fingerprint density at radius 1 is 1.45 bits per heavy atom. The molecule has 0 aliphatic carbocycles. The van der Waals surface area contributed by atoms with Gasteiger partial charge in [0.05, 0.1) is 28.1 Å². The van der Waals surface area contributed by atoms with Crippen LogP contribution in [0, 0.1) is 16.0 Å². The highest BCUT2D eigenvalue weighted by atomic mass is 32.2. The van der Waals surface area contributed by atoms with E-state index >= 15 is 0 Å². The van der Waals surface area contributed by atoms with Crippen LogP contribution in [0.2, 0.25) is 0 Å². The Balaban J connectivity index is 2.05. The summed E-state index contributed by atoms with van der Waals surface area (Å²) < 4.78 is 22.7. The zero-order valence-corrected chi connectivity index (χ0v) is 12.7. The molecule has 118 valence electrons. The van der Waals surface area contributed by atoms with E-state index in [4.69, 9.17) is 0 Å². The van der Waals surface area contributed by atoms with Crippen LogP contribution in [-0.4, -0.2) is 36.5 Å². The summed E-state index contributed by atoms with van der Waals surface area (Å²) in [5.41, 5.74) is 3.16. The summed E-state index contributed by atoms with van der Waals surface area (Å²) in [6.07, 6.45) is 0.291. The van der Waals surface area contributed by atoms with E-state index in [1.807, 2.05) is 0 Å². The van der Waals surface area contributed by atoms with Gasteiger partial charge < -0.3 is 0 Å². The van der Waals surface area contributed by atoms with Crippen molar-refractivity contribution in [2.45, 2.75) is 13.3 Å². The van der Waals surface area contributed by atoms with Crippen molar-refractivity contribution >= 4 is 27.1 Å². The van der Waals surface area contributed by atoms with E-state index in [9.17, 15) is 23.3 Å². The molecule has 1 aromatic carbocycles. The number of hydrogen-bond acceptors (Lipinski definition) is 6. The number of nitrogens with zero attached hydrogens (tertiary/aromatic N) is 2. The maximum atomic E-state index is 11.9. The third-order valence-electron chi connectivity index (χ3n) is 3.41. The summed E-state index contributed by atoms with van der Waals surface area (Å²) in [7, 11) is -3.13. The Morgan fingerprint density at radius 3 is 2.77 bits per heavy atom. The largest absolute Gasteiger partial charge is 0.273 e. The molecule has 0 aromatic heterocycles. The van der Waals surface area contributed by atoms with Crippen LogP contribution in [0.15, 0.2) is 29.4 Å². The summed E-state index contributed by atoms with van der Waals surface area (Å²) in [6, 6.07) is 5.87. The fourth-order valence-electron chi connectivity index (χ4n) is 2.14. The van der Waals surface area contributed by atoms with Crippen LogP contribution in [0.5, 0.6) is 0 Å². The van der Waals surface area contributed by atoms with Gasteiger partial charge in [-0.05, 0) is 13.3 Å². The molecule has 0 radical (unpaired) electrons. The van der Waals surface area contributed by atoms with Crippen LogP contribution in [0.4, 0.5) is 5.69 Å². The molecule has 1 atom stereocenters. The molecule has 1 aliphatic heterocycles. The molecular formula is C13H15N3O5S. The number of nitro benzene ring substituents is 1. The molecule has 0 bridgehead atoms. The number of hydrogen-bond donors (Lipinski definition) is 1. The van der Waals surface area contributed by atoms with Gasteiger partial charge in [0.1, 0.15) is 0 Å². The second-order valence-electron chi connectivity index (χ2n) is 5.08. The number of carbonyl (C=O) groups is 1. The van der Waals surface area contributed by atoms with E-state index in [2.05, 4.69) is 10.5 Å². The van der Waals surface area contributed by atoms with Gasteiger partial charge in [-0.2, -0.15) is 5.10 Å². The minimum atomic E-state index is -3.13. The van der Waals surface area contributed by atoms with E-state index in [0.29, 0.717) is 17.7 Å². The van der Waals surface area contributed by atoms with E-state index in [0.717, 1.165) is 0 Å². The number of nitrogens with one attached hydrogen (secondary N) is 1. The second-order valence-corrected chi connectivity index (χ2v) is 7.31. The van der Waals surface area contributed by atoms with Crippen molar-refractivity contribution < 1.29 is 18.1 Å². The first-order valence-electron chi connectivity index (χ1n) is 6.58. The monoisotopic (exact) mass is 325 g/mol. The molecule has 22 heavy (non-hydrogen) atoms. The molecule has 1 saturated heterocycles. The van der Waals surface area contributed by atoms with E-state index in [1.165, 1.54) is 18.2 Å². The Labute approximate surface area is 127 Å². The van der Waals surface area contributed by atoms with E-state index < -0.39 is 26.6 Å². The van der Waals surface area contributed by atoms with Gasteiger partial charge in [-0.15, -0.1) is 0 Å². The molecule has 1 N–H and O–H groups in total. The van der Waals surface area contributed by atoms with Crippen molar-refractivity contribution in [3.63, 3.8) is 0 Å². The first-order valence-corrected chi connectivity index (χ1v) is 8.40. The maximum Gasteiger partial charge on any atom is 0.270 e. The van der Waals surface area contributed by atoms with Crippen molar-refractivity contribution in [1.29, 1.82) is 0 Å². The fraction of sp³-hybridized carbons (Fsp3) is 0.385.